The first-order valence-corrected chi connectivity index (χ1v) is 6.25. The Labute approximate surface area is 119 Å². The predicted molar refractivity (Wildman–Crippen MR) is 74.6 cm³/mol. The van der Waals surface area contributed by atoms with Gasteiger partial charge in [-0.3, -0.25) is 4.40 Å². The maximum atomic E-state index is 11.1. The summed E-state index contributed by atoms with van der Waals surface area (Å²) in [7, 11) is 0. The number of carboxylic acids is 1. The molecule has 0 aliphatic carbocycles. The molecule has 0 fully saturated rings. The first kappa shape index (κ1) is 13.0. The van der Waals surface area contributed by atoms with E-state index in [4.69, 9.17) is 9.84 Å². The summed E-state index contributed by atoms with van der Waals surface area (Å²) >= 11 is 0. The van der Waals surface area contributed by atoms with Crippen molar-refractivity contribution in [2.24, 2.45) is 0 Å². The highest BCUT2D eigenvalue weighted by atomic mass is 16.5. The van der Waals surface area contributed by atoms with Gasteiger partial charge in [-0.05, 0) is 36.4 Å². The number of pyridine rings is 1. The summed E-state index contributed by atoms with van der Waals surface area (Å²) in [5, 5.41) is 18.3. The van der Waals surface area contributed by atoms with E-state index in [1.165, 1.54) is 18.2 Å². The molecule has 21 heavy (non-hydrogen) atoms. The number of hydrogen-bond donors (Lipinski definition) is 2. The molecule has 3 rings (SSSR count). The number of hydrogen-bond acceptors (Lipinski definition) is 4. The fourth-order valence-corrected chi connectivity index (χ4v) is 2.03. The van der Waals surface area contributed by atoms with Gasteiger partial charge >= 0.3 is 5.97 Å². The van der Waals surface area contributed by atoms with Crippen molar-refractivity contribution in [3.8, 4) is 11.5 Å². The molecule has 2 aromatic heterocycles. The van der Waals surface area contributed by atoms with Gasteiger partial charge < -0.3 is 14.9 Å². The minimum atomic E-state index is -1.02. The van der Waals surface area contributed by atoms with Gasteiger partial charge in [-0.25, -0.2) is 9.78 Å². The molecule has 2 N–H and O–H groups in total. The van der Waals surface area contributed by atoms with Crippen LogP contribution in [-0.2, 0) is 6.61 Å². The van der Waals surface area contributed by atoms with Crippen molar-refractivity contribution in [3.05, 3.63) is 60.0 Å². The second kappa shape index (κ2) is 5.16. The minimum Gasteiger partial charge on any atom is -0.508 e. The van der Waals surface area contributed by atoms with Crippen LogP contribution in [0, 0.1) is 0 Å². The van der Waals surface area contributed by atoms with Gasteiger partial charge in [0.05, 0.1) is 11.9 Å². The van der Waals surface area contributed by atoms with Crippen LogP contribution in [0.1, 0.15) is 16.1 Å². The number of aromatic hydroxyl groups is 1. The minimum absolute atomic E-state index is 0.147. The molecule has 0 spiro atoms. The summed E-state index contributed by atoms with van der Waals surface area (Å²) in [5.74, 6) is -0.238. The molecule has 0 atom stereocenters. The Balaban J connectivity index is 1.86. The fourth-order valence-electron chi connectivity index (χ4n) is 2.03. The van der Waals surface area contributed by atoms with E-state index in [9.17, 15) is 9.90 Å². The van der Waals surface area contributed by atoms with Crippen molar-refractivity contribution >= 4 is 11.6 Å². The maximum Gasteiger partial charge on any atom is 0.339 e. The average Bonchev–Trinajstić information content (AvgIpc) is 2.89. The molecule has 0 aliphatic rings. The standard InChI is InChI=1S/C15H12N2O4/c18-11-3-5-12(6-4-11)21-9-10-8-16-14-13(15(19)20)2-1-7-17(10)14/h1-8,18H,9H2,(H,19,20). The number of nitrogens with zero attached hydrogens (tertiary/aromatic N) is 2. The number of rotatable bonds is 4. The van der Waals surface area contributed by atoms with Gasteiger partial charge in [-0.15, -0.1) is 0 Å². The second-order valence-electron chi connectivity index (χ2n) is 4.45. The summed E-state index contributed by atoms with van der Waals surface area (Å²) < 4.78 is 7.28. The van der Waals surface area contributed by atoms with E-state index in [1.807, 2.05) is 0 Å². The van der Waals surface area contributed by atoms with Crippen molar-refractivity contribution < 1.29 is 19.7 Å². The van der Waals surface area contributed by atoms with E-state index in [0.29, 0.717) is 11.4 Å². The molecular formula is C15H12N2O4. The van der Waals surface area contributed by atoms with Crippen molar-refractivity contribution in [1.82, 2.24) is 9.38 Å². The lowest BCUT2D eigenvalue weighted by molar-refractivity contribution is 0.0698. The van der Waals surface area contributed by atoms with Crippen LogP contribution in [0.5, 0.6) is 11.5 Å². The smallest absolute Gasteiger partial charge is 0.339 e. The lowest BCUT2D eigenvalue weighted by atomic mass is 10.3. The molecule has 106 valence electrons. The first-order valence-electron chi connectivity index (χ1n) is 6.25. The average molecular weight is 284 g/mol. The molecule has 6 nitrogen and oxygen atoms in total. The van der Waals surface area contributed by atoms with Crippen LogP contribution in [-0.4, -0.2) is 25.6 Å². The number of imidazole rings is 1. The van der Waals surface area contributed by atoms with Gasteiger partial charge in [-0.1, -0.05) is 0 Å². The van der Waals surface area contributed by atoms with E-state index in [1.54, 1.807) is 35.0 Å². The fraction of sp³-hybridized carbons (Fsp3) is 0.0667. The first-order chi connectivity index (χ1) is 10.1. The Morgan fingerprint density at radius 3 is 2.71 bits per heavy atom. The summed E-state index contributed by atoms with van der Waals surface area (Å²) in [4.78, 5) is 15.3. The third-order valence-corrected chi connectivity index (χ3v) is 3.07. The highest BCUT2D eigenvalue weighted by Gasteiger charge is 2.12. The summed E-state index contributed by atoms with van der Waals surface area (Å²) in [6.07, 6.45) is 3.33. The second-order valence-corrected chi connectivity index (χ2v) is 4.45. The molecule has 0 bridgehead atoms. The molecular weight excluding hydrogens is 272 g/mol. The van der Waals surface area contributed by atoms with Gasteiger partial charge in [0.15, 0.2) is 5.65 Å². The van der Waals surface area contributed by atoms with Crippen LogP contribution in [0.25, 0.3) is 5.65 Å². The molecule has 3 aromatic rings. The van der Waals surface area contributed by atoms with Gasteiger partial charge in [0.2, 0.25) is 0 Å². The third kappa shape index (κ3) is 2.51. The van der Waals surface area contributed by atoms with Crippen LogP contribution < -0.4 is 4.74 Å². The zero-order chi connectivity index (χ0) is 14.8. The Bertz CT molecular complexity index is 793. The van der Waals surface area contributed by atoms with E-state index in [2.05, 4.69) is 4.98 Å². The van der Waals surface area contributed by atoms with Crippen LogP contribution in [0.3, 0.4) is 0 Å². The number of phenolic OH excluding ortho intramolecular Hbond substituents is 1. The predicted octanol–water partition coefficient (Wildman–Crippen LogP) is 2.32. The number of aromatic nitrogens is 2. The number of aromatic carboxylic acids is 1. The van der Waals surface area contributed by atoms with Gasteiger partial charge in [-0.2, -0.15) is 0 Å². The maximum absolute atomic E-state index is 11.1. The number of ether oxygens (including phenoxy) is 1. The monoisotopic (exact) mass is 284 g/mol. The van der Waals surface area contributed by atoms with Gasteiger partial charge in [0.1, 0.15) is 23.7 Å². The van der Waals surface area contributed by atoms with Crippen LogP contribution in [0.15, 0.2) is 48.8 Å². The number of benzene rings is 1. The topological polar surface area (TPSA) is 84.1 Å². The molecule has 0 saturated heterocycles. The van der Waals surface area contributed by atoms with E-state index in [-0.39, 0.29) is 17.9 Å². The van der Waals surface area contributed by atoms with Gasteiger partial charge in [0, 0.05) is 6.20 Å². The molecule has 6 heteroatoms. The Hall–Kier alpha value is -3.02. The zero-order valence-electron chi connectivity index (χ0n) is 10.9. The van der Waals surface area contributed by atoms with Crippen LogP contribution >= 0.6 is 0 Å². The van der Waals surface area contributed by atoms with Crippen LogP contribution in [0.2, 0.25) is 0 Å². The quantitative estimate of drug-likeness (QED) is 0.768. The van der Waals surface area contributed by atoms with Crippen LogP contribution in [0.4, 0.5) is 0 Å². The molecule has 1 aromatic carbocycles. The molecule has 0 radical (unpaired) electrons. The number of carboxylic acid groups (broad SMARTS) is 1. The van der Waals surface area contributed by atoms with E-state index < -0.39 is 5.97 Å². The third-order valence-electron chi connectivity index (χ3n) is 3.07. The molecule has 0 amide bonds. The summed E-state index contributed by atoms with van der Waals surface area (Å²) in [6, 6.07) is 9.54. The number of carbonyl (C=O) groups is 1. The van der Waals surface area contributed by atoms with E-state index in [0.717, 1.165) is 5.69 Å². The zero-order valence-corrected chi connectivity index (χ0v) is 10.9. The normalized spacial score (nSPS) is 10.7. The Morgan fingerprint density at radius 1 is 1.24 bits per heavy atom. The SMILES string of the molecule is O=C(O)c1cccn2c(COc3ccc(O)cc3)cnc12. The highest BCUT2D eigenvalue weighted by Crippen LogP contribution is 2.18. The van der Waals surface area contributed by atoms with Crippen molar-refractivity contribution in [1.29, 1.82) is 0 Å². The van der Waals surface area contributed by atoms with Crippen molar-refractivity contribution in [3.63, 3.8) is 0 Å². The van der Waals surface area contributed by atoms with E-state index >= 15 is 0 Å². The van der Waals surface area contributed by atoms with Crippen molar-refractivity contribution in [2.75, 3.05) is 0 Å². The number of phenols is 1. The summed E-state index contributed by atoms with van der Waals surface area (Å²) in [6.45, 7) is 0.245. The Kier molecular flexibility index (Phi) is 3.19. The molecule has 0 aliphatic heterocycles. The van der Waals surface area contributed by atoms with Crippen molar-refractivity contribution in [2.45, 2.75) is 6.61 Å². The highest BCUT2D eigenvalue weighted by molar-refractivity contribution is 5.94. The van der Waals surface area contributed by atoms with Gasteiger partial charge in [0.25, 0.3) is 0 Å². The Morgan fingerprint density at radius 2 is 2.00 bits per heavy atom. The molecule has 0 saturated carbocycles. The largest absolute Gasteiger partial charge is 0.508 e. The number of fused-ring (bicyclic) bond motifs is 1. The molecule has 0 unspecified atom stereocenters. The lowest BCUT2D eigenvalue weighted by Crippen LogP contribution is -2.03. The molecule has 2 heterocycles. The lowest BCUT2D eigenvalue weighted by Gasteiger charge is -2.06. The summed E-state index contributed by atoms with van der Waals surface area (Å²) in [5.41, 5.74) is 1.27.